The Labute approximate surface area is 171 Å². The quantitative estimate of drug-likeness (QED) is 0.557. The molecule has 0 aliphatic rings. The third-order valence-electron chi connectivity index (χ3n) is 4.09. The minimum atomic E-state index is -1.02. The number of rotatable bonds is 8. The minimum Gasteiger partial charge on any atom is -0.459 e. The Morgan fingerprint density at radius 3 is 2.37 bits per heavy atom. The number of hydrogen-bond acceptors (Lipinski definition) is 5. The molecule has 0 radical (unpaired) electrons. The van der Waals surface area contributed by atoms with Gasteiger partial charge >= 0.3 is 5.97 Å². The van der Waals surface area contributed by atoms with E-state index in [1.165, 1.54) is 36.6 Å². The smallest absolute Gasteiger partial charge is 0.329 e. The van der Waals surface area contributed by atoms with Crippen LogP contribution < -0.4 is 10.6 Å². The predicted octanol–water partition coefficient (Wildman–Crippen LogP) is 2.94. The van der Waals surface area contributed by atoms with E-state index in [1.54, 1.807) is 18.2 Å². The molecule has 3 aromatic rings. The molecule has 0 unspecified atom stereocenters. The van der Waals surface area contributed by atoms with E-state index >= 15 is 0 Å². The Morgan fingerprint density at radius 2 is 1.70 bits per heavy atom. The maximum Gasteiger partial charge on any atom is 0.329 e. The zero-order valence-corrected chi connectivity index (χ0v) is 15.8. The van der Waals surface area contributed by atoms with Crippen molar-refractivity contribution in [2.24, 2.45) is 0 Å². The summed E-state index contributed by atoms with van der Waals surface area (Å²) in [5, 5.41) is 5.06. The van der Waals surface area contributed by atoms with Gasteiger partial charge in [-0.05, 0) is 42.0 Å². The summed E-state index contributed by atoms with van der Waals surface area (Å²) in [6, 6.07) is 16.2. The highest BCUT2D eigenvalue weighted by Gasteiger charge is 2.25. The number of halogens is 1. The molecule has 2 N–H and O–H groups in total. The van der Waals surface area contributed by atoms with Crippen LogP contribution >= 0.6 is 0 Å². The van der Waals surface area contributed by atoms with Crippen molar-refractivity contribution in [3.8, 4) is 0 Å². The SMILES string of the molecule is O=C(COC(=O)[C@H](Cc1ccccc1)NC(=O)c1ccco1)Nc1ccc(F)cc1. The van der Waals surface area contributed by atoms with E-state index in [0.29, 0.717) is 5.69 Å². The van der Waals surface area contributed by atoms with Gasteiger partial charge in [0.05, 0.1) is 6.26 Å². The molecule has 3 rings (SSSR count). The van der Waals surface area contributed by atoms with Crippen LogP contribution in [0.3, 0.4) is 0 Å². The monoisotopic (exact) mass is 410 g/mol. The molecule has 2 amide bonds. The number of esters is 1. The molecular weight excluding hydrogens is 391 g/mol. The molecule has 30 heavy (non-hydrogen) atoms. The first kappa shape index (κ1) is 20.8. The Hall–Kier alpha value is -3.94. The summed E-state index contributed by atoms with van der Waals surface area (Å²) < 4.78 is 23.1. The van der Waals surface area contributed by atoms with Gasteiger partial charge in [0.2, 0.25) is 0 Å². The molecule has 0 bridgehead atoms. The Kier molecular flexibility index (Phi) is 6.94. The van der Waals surface area contributed by atoms with Crippen LogP contribution in [0.4, 0.5) is 10.1 Å². The van der Waals surface area contributed by atoms with Gasteiger partial charge in [-0.1, -0.05) is 30.3 Å². The van der Waals surface area contributed by atoms with Gasteiger partial charge in [-0.25, -0.2) is 9.18 Å². The maximum absolute atomic E-state index is 12.9. The highest BCUT2D eigenvalue weighted by Crippen LogP contribution is 2.09. The second-order valence-electron chi connectivity index (χ2n) is 6.36. The van der Waals surface area contributed by atoms with Gasteiger partial charge in [-0.15, -0.1) is 0 Å². The van der Waals surface area contributed by atoms with Gasteiger partial charge in [-0.3, -0.25) is 9.59 Å². The van der Waals surface area contributed by atoms with Crippen LogP contribution in [-0.2, 0) is 20.7 Å². The normalized spacial score (nSPS) is 11.4. The fourth-order valence-electron chi connectivity index (χ4n) is 2.65. The fourth-order valence-corrected chi connectivity index (χ4v) is 2.65. The lowest BCUT2D eigenvalue weighted by atomic mass is 10.1. The molecule has 7 nitrogen and oxygen atoms in total. The van der Waals surface area contributed by atoms with Gasteiger partial charge in [0.1, 0.15) is 11.9 Å². The van der Waals surface area contributed by atoms with E-state index in [2.05, 4.69) is 10.6 Å². The van der Waals surface area contributed by atoms with Gasteiger partial charge < -0.3 is 19.8 Å². The van der Waals surface area contributed by atoms with Crippen molar-refractivity contribution in [3.63, 3.8) is 0 Å². The van der Waals surface area contributed by atoms with Crippen LogP contribution in [-0.4, -0.2) is 30.4 Å². The van der Waals surface area contributed by atoms with Crippen LogP contribution in [0.1, 0.15) is 16.1 Å². The zero-order chi connectivity index (χ0) is 21.3. The topological polar surface area (TPSA) is 97.6 Å². The third kappa shape index (κ3) is 6.03. The minimum absolute atomic E-state index is 0.0508. The Bertz CT molecular complexity index is 988. The summed E-state index contributed by atoms with van der Waals surface area (Å²) >= 11 is 0. The Balaban J connectivity index is 1.61. The second kappa shape index (κ2) is 10.0. The number of amides is 2. The van der Waals surface area contributed by atoms with E-state index in [0.717, 1.165) is 5.56 Å². The van der Waals surface area contributed by atoms with Crippen molar-refractivity contribution in [2.75, 3.05) is 11.9 Å². The third-order valence-corrected chi connectivity index (χ3v) is 4.09. The van der Waals surface area contributed by atoms with Crippen molar-refractivity contribution in [3.05, 3.63) is 90.1 Å². The number of carbonyl (C=O) groups is 3. The van der Waals surface area contributed by atoms with Crippen LogP contribution in [0.5, 0.6) is 0 Å². The molecule has 1 aromatic heterocycles. The van der Waals surface area contributed by atoms with E-state index < -0.39 is 36.2 Å². The second-order valence-corrected chi connectivity index (χ2v) is 6.36. The van der Waals surface area contributed by atoms with Crippen molar-refractivity contribution < 1.29 is 27.9 Å². The summed E-state index contributed by atoms with van der Waals surface area (Å²) in [6.07, 6.45) is 1.52. The van der Waals surface area contributed by atoms with Gasteiger partial charge in [0, 0.05) is 12.1 Å². The highest BCUT2D eigenvalue weighted by molar-refractivity contribution is 5.96. The number of nitrogens with one attached hydrogen (secondary N) is 2. The average Bonchev–Trinajstić information content (AvgIpc) is 3.29. The lowest BCUT2D eigenvalue weighted by Gasteiger charge is -2.17. The fraction of sp³-hybridized carbons (Fsp3) is 0.136. The summed E-state index contributed by atoms with van der Waals surface area (Å²) in [4.78, 5) is 36.9. The molecule has 0 fully saturated rings. The predicted molar refractivity (Wildman–Crippen MR) is 106 cm³/mol. The number of ether oxygens (including phenoxy) is 1. The van der Waals surface area contributed by atoms with E-state index in [9.17, 15) is 18.8 Å². The number of benzene rings is 2. The molecule has 0 aliphatic heterocycles. The molecule has 0 saturated carbocycles. The number of hydrogen-bond donors (Lipinski definition) is 2. The lowest BCUT2D eigenvalue weighted by molar-refractivity contribution is -0.149. The van der Waals surface area contributed by atoms with E-state index in [1.807, 2.05) is 18.2 Å². The molecule has 2 aromatic carbocycles. The van der Waals surface area contributed by atoms with Crippen molar-refractivity contribution in [1.29, 1.82) is 0 Å². The van der Waals surface area contributed by atoms with Crippen molar-refractivity contribution in [2.45, 2.75) is 12.5 Å². The Morgan fingerprint density at radius 1 is 0.967 bits per heavy atom. The van der Waals surface area contributed by atoms with Crippen LogP contribution in [0.2, 0.25) is 0 Å². The molecule has 8 heteroatoms. The van der Waals surface area contributed by atoms with Crippen molar-refractivity contribution in [1.82, 2.24) is 5.32 Å². The van der Waals surface area contributed by atoms with E-state index in [-0.39, 0.29) is 12.2 Å². The van der Waals surface area contributed by atoms with Crippen LogP contribution in [0.15, 0.2) is 77.4 Å². The first-order chi connectivity index (χ1) is 14.5. The van der Waals surface area contributed by atoms with E-state index in [4.69, 9.17) is 9.15 Å². The van der Waals surface area contributed by atoms with Gasteiger partial charge in [0.15, 0.2) is 12.4 Å². The standard InChI is InChI=1S/C22H19FN2O5/c23-16-8-10-17(11-9-16)24-20(26)14-30-22(28)18(13-15-5-2-1-3-6-15)25-21(27)19-7-4-12-29-19/h1-12,18H,13-14H2,(H,24,26)(H,25,27)/t18-/m0/s1. The number of anilines is 1. The average molecular weight is 410 g/mol. The largest absolute Gasteiger partial charge is 0.459 e. The summed E-state index contributed by atoms with van der Waals surface area (Å²) in [7, 11) is 0. The summed E-state index contributed by atoms with van der Waals surface area (Å²) in [5.74, 6) is -2.32. The molecule has 1 heterocycles. The summed E-state index contributed by atoms with van der Waals surface area (Å²) in [6.45, 7) is -0.557. The molecule has 154 valence electrons. The summed E-state index contributed by atoms with van der Waals surface area (Å²) in [5.41, 5.74) is 1.17. The van der Waals surface area contributed by atoms with Gasteiger partial charge in [0.25, 0.3) is 11.8 Å². The molecule has 0 spiro atoms. The number of furan rings is 1. The zero-order valence-electron chi connectivity index (χ0n) is 15.8. The van der Waals surface area contributed by atoms with Gasteiger partial charge in [-0.2, -0.15) is 0 Å². The first-order valence-electron chi connectivity index (χ1n) is 9.11. The molecule has 0 aliphatic carbocycles. The van der Waals surface area contributed by atoms with Crippen LogP contribution in [0.25, 0.3) is 0 Å². The molecular formula is C22H19FN2O5. The lowest BCUT2D eigenvalue weighted by Crippen LogP contribution is -2.44. The first-order valence-corrected chi connectivity index (χ1v) is 9.11. The van der Waals surface area contributed by atoms with Crippen LogP contribution in [0, 0.1) is 5.82 Å². The highest BCUT2D eigenvalue weighted by atomic mass is 19.1. The maximum atomic E-state index is 12.9. The number of carbonyl (C=O) groups excluding carboxylic acids is 3. The molecule has 1 atom stereocenters. The van der Waals surface area contributed by atoms with Crippen molar-refractivity contribution >= 4 is 23.5 Å². The molecule has 0 saturated heterocycles.